The molecule has 1 nitrogen and oxygen atoms in total. The van der Waals surface area contributed by atoms with Crippen molar-refractivity contribution in [2.75, 3.05) is 32.6 Å². The van der Waals surface area contributed by atoms with Gasteiger partial charge in [0.25, 0.3) is 0 Å². The van der Waals surface area contributed by atoms with E-state index in [1.54, 1.807) is 0 Å². The second-order valence-corrected chi connectivity index (χ2v) is 7.04. The molecule has 0 aromatic rings. The molecule has 0 aliphatic carbocycles. The predicted molar refractivity (Wildman–Crippen MR) is 93.6 cm³/mol. The number of hydrogen-bond acceptors (Lipinski definition) is 0. The van der Waals surface area contributed by atoms with E-state index in [0.717, 1.165) is 12.4 Å². The highest BCUT2D eigenvalue weighted by atomic mass is 35.5. The van der Waals surface area contributed by atoms with Crippen LogP contribution in [0.5, 0.6) is 0 Å². The van der Waals surface area contributed by atoms with Crippen molar-refractivity contribution in [2.45, 2.75) is 84.5 Å². The molecule has 0 rings (SSSR count). The van der Waals surface area contributed by atoms with E-state index >= 15 is 0 Å². The average molecular weight is 305 g/mol. The average Bonchev–Trinajstić information content (AvgIpc) is 2.43. The molecule has 1 atom stereocenters. The van der Waals surface area contributed by atoms with Gasteiger partial charge in [-0.1, -0.05) is 58.8 Å². The van der Waals surface area contributed by atoms with Crippen LogP contribution in [0.1, 0.15) is 84.5 Å². The minimum atomic E-state index is 0.807. The molecule has 0 N–H and O–H groups in total. The number of rotatable bonds is 15. The summed E-state index contributed by atoms with van der Waals surface area (Å²) in [6.07, 6.45) is 15.3. The molecule has 0 aromatic heterocycles. The molecule has 0 amide bonds. The summed E-state index contributed by atoms with van der Waals surface area (Å²) in [5.41, 5.74) is 0. The third-order valence-electron chi connectivity index (χ3n) is 4.48. The van der Waals surface area contributed by atoms with E-state index in [2.05, 4.69) is 20.9 Å². The summed E-state index contributed by atoms with van der Waals surface area (Å²) in [5, 5.41) is 0. The van der Waals surface area contributed by atoms with Gasteiger partial charge in [-0.25, -0.2) is 0 Å². The Kier molecular flexibility index (Phi) is 14.4. The largest absolute Gasteiger partial charge is 0.325 e. The van der Waals surface area contributed by atoms with Crippen LogP contribution in [0.25, 0.3) is 0 Å². The van der Waals surface area contributed by atoms with Crippen molar-refractivity contribution in [1.82, 2.24) is 0 Å². The third-order valence-corrected chi connectivity index (χ3v) is 4.65. The fraction of sp³-hybridized carbons (Fsp3) is 1.00. The van der Waals surface area contributed by atoms with Crippen LogP contribution in [0.4, 0.5) is 0 Å². The number of quaternary nitrogens is 1. The lowest BCUT2D eigenvalue weighted by Gasteiger charge is -2.34. The van der Waals surface area contributed by atoms with E-state index in [4.69, 9.17) is 11.6 Å². The van der Waals surface area contributed by atoms with Crippen LogP contribution in [0.3, 0.4) is 0 Å². The molecule has 0 bridgehead atoms. The van der Waals surface area contributed by atoms with Gasteiger partial charge < -0.3 is 4.48 Å². The van der Waals surface area contributed by atoms with E-state index in [-0.39, 0.29) is 0 Å². The highest BCUT2D eigenvalue weighted by molar-refractivity contribution is 6.17. The van der Waals surface area contributed by atoms with Gasteiger partial charge in [-0.2, -0.15) is 0 Å². The van der Waals surface area contributed by atoms with E-state index < -0.39 is 0 Å². The van der Waals surface area contributed by atoms with Crippen molar-refractivity contribution in [3.05, 3.63) is 0 Å². The zero-order valence-electron chi connectivity index (χ0n) is 14.4. The van der Waals surface area contributed by atoms with Crippen molar-refractivity contribution in [2.24, 2.45) is 0 Å². The lowest BCUT2D eigenvalue weighted by Crippen LogP contribution is -2.47. The van der Waals surface area contributed by atoms with Crippen LogP contribution in [-0.2, 0) is 0 Å². The topological polar surface area (TPSA) is 0 Å². The van der Waals surface area contributed by atoms with Gasteiger partial charge in [-0.05, 0) is 25.7 Å². The molecular formula is C18H39ClN+. The molecule has 122 valence electrons. The summed E-state index contributed by atoms with van der Waals surface area (Å²) in [6.45, 7) is 8.36. The van der Waals surface area contributed by atoms with Gasteiger partial charge in [0.15, 0.2) is 0 Å². The number of nitrogens with zero attached hydrogens (tertiary/aromatic N) is 1. The predicted octanol–water partition coefficient (Wildman–Crippen LogP) is 6.00. The fourth-order valence-electron chi connectivity index (χ4n) is 2.91. The van der Waals surface area contributed by atoms with Crippen LogP contribution in [0.2, 0.25) is 0 Å². The Balaban J connectivity index is 3.74. The maximum Gasteiger partial charge on any atom is 0.0922 e. The van der Waals surface area contributed by atoms with Gasteiger partial charge in [0.1, 0.15) is 0 Å². The van der Waals surface area contributed by atoms with Crippen LogP contribution in [0.15, 0.2) is 0 Å². The standard InChI is InChI=1S/C18H39ClN/c1-4-6-8-10-12-14-17-20(3,18-15-19)16-13-11-9-7-5-2/h4-18H2,1-3H3/q+1. The van der Waals surface area contributed by atoms with Gasteiger partial charge in [0.2, 0.25) is 0 Å². The van der Waals surface area contributed by atoms with E-state index in [1.165, 1.54) is 88.2 Å². The summed E-state index contributed by atoms with van der Waals surface area (Å²) < 4.78 is 1.20. The van der Waals surface area contributed by atoms with Gasteiger partial charge in [-0.15, -0.1) is 11.6 Å². The van der Waals surface area contributed by atoms with E-state index in [9.17, 15) is 0 Å². The molecule has 0 saturated carbocycles. The lowest BCUT2D eigenvalue weighted by molar-refractivity contribution is -0.907. The first-order valence-corrected chi connectivity index (χ1v) is 9.61. The van der Waals surface area contributed by atoms with Gasteiger partial charge in [-0.3, -0.25) is 0 Å². The summed E-state index contributed by atoms with van der Waals surface area (Å²) in [4.78, 5) is 0. The zero-order chi connectivity index (χ0) is 15.1. The summed E-state index contributed by atoms with van der Waals surface area (Å²) in [6, 6.07) is 0. The number of hydrogen-bond donors (Lipinski definition) is 0. The Morgan fingerprint density at radius 1 is 0.600 bits per heavy atom. The molecule has 0 spiro atoms. The highest BCUT2D eigenvalue weighted by Crippen LogP contribution is 2.13. The second-order valence-electron chi connectivity index (χ2n) is 6.66. The molecular weight excluding hydrogens is 266 g/mol. The smallest absolute Gasteiger partial charge is 0.0922 e. The lowest BCUT2D eigenvalue weighted by atomic mass is 10.1. The molecule has 0 radical (unpaired) electrons. The molecule has 20 heavy (non-hydrogen) atoms. The van der Waals surface area contributed by atoms with Crippen LogP contribution in [0, 0.1) is 0 Å². The monoisotopic (exact) mass is 304 g/mol. The fourth-order valence-corrected chi connectivity index (χ4v) is 3.32. The van der Waals surface area contributed by atoms with Gasteiger partial charge in [0.05, 0.1) is 32.6 Å². The molecule has 0 aromatic carbocycles. The van der Waals surface area contributed by atoms with Crippen molar-refractivity contribution >= 4 is 11.6 Å². The Hall–Kier alpha value is 0.250. The normalized spacial score (nSPS) is 14.4. The SMILES string of the molecule is CCCCCCCC[N+](C)(CCCl)CCCCCCC. The van der Waals surface area contributed by atoms with Crippen LogP contribution >= 0.6 is 11.6 Å². The minimum Gasteiger partial charge on any atom is -0.325 e. The molecule has 0 aliphatic rings. The van der Waals surface area contributed by atoms with Gasteiger partial charge in [0, 0.05) is 0 Å². The van der Waals surface area contributed by atoms with Crippen molar-refractivity contribution in [3.8, 4) is 0 Å². The summed E-state index contributed by atoms with van der Waals surface area (Å²) in [7, 11) is 2.41. The van der Waals surface area contributed by atoms with Crippen molar-refractivity contribution in [3.63, 3.8) is 0 Å². The molecule has 0 fully saturated rings. The van der Waals surface area contributed by atoms with E-state index in [0.29, 0.717) is 0 Å². The molecule has 0 heterocycles. The highest BCUT2D eigenvalue weighted by Gasteiger charge is 2.19. The van der Waals surface area contributed by atoms with Crippen LogP contribution < -0.4 is 0 Å². The number of alkyl halides is 1. The quantitative estimate of drug-likeness (QED) is 0.198. The molecule has 0 aliphatic heterocycles. The Morgan fingerprint density at radius 3 is 1.40 bits per heavy atom. The minimum absolute atomic E-state index is 0.807. The maximum atomic E-state index is 6.01. The Morgan fingerprint density at radius 2 is 1.00 bits per heavy atom. The van der Waals surface area contributed by atoms with Crippen LogP contribution in [-0.4, -0.2) is 37.0 Å². The van der Waals surface area contributed by atoms with Gasteiger partial charge >= 0.3 is 0 Å². The maximum absolute atomic E-state index is 6.01. The van der Waals surface area contributed by atoms with E-state index in [1.807, 2.05) is 0 Å². The first-order chi connectivity index (χ1) is 9.68. The zero-order valence-corrected chi connectivity index (χ0v) is 15.2. The molecule has 1 unspecified atom stereocenters. The van der Waals surface area contributed by atoms with Crippen molar-refractivity contribution < 1.29 is 4.48 Å². The second kappa shape index (κ2) is 14.2. The van der Waals surface area contributed by atoms with Crippen molar-refractivity contribution in [1.29, 1.82) is 0 Å². The third kappa shape index (κ3) is 12.0. The Bertz CT molecular complexity index is 196. The number of halogens is 1. The Labute approximate surface area is 133 Å². The molecule has 0 saturated heterocycles. The first-order valence-electron chi connectivity index (χ1n) is 9.08. The molecule has 2 heteroatoms. The summed E-state index contributed by atoms with van der Waals surface area (Å²) in [5.74, 6) is 0.807. The first kappa shape index (κ1) is 20.2. The number of unbranched alkanes of at least 4 members (excludes halogenated alkanes) is 9. The summed E-state index contributed by atoms with van der Waals surface area (Å²) >= 11 is 6.01.